The molecule has 0 aliphatic heterocycles. The van der Waals surface area contributed by atoms with Gasteiger partial charge in [0, 0.05) is 33.2 Å². The quantitative estimate of drug-likeness (QED) is 0.417. The second kappa shape index (κ2) is 11.1. The maximum absolute atomic E-state index is 12.5. The van der Waals surface area contributed by atoms with Gasteiger partial charge in [0.25, 0.3) is 0 Å². The number of hydrogen-bond donors (Lipinski definition) is 0. The highest BCUT2D eigenvalue weighted by molar-refractivity contribution is 7.86. The molecule has 0 aliphatic carbocycles. The molecule has 25 heavy (non-hydrogen) atoms. The summed E-state index contributed by atoms with van der Waals surface area (Å²) in [6.45, 7) is 3.86. The maximum Gasteiger partial charge on any atom is 0.306 e. The predicted molar refractivity (Wildman–Crippen MR) is 98.0 cm³/mol. The van der Waals surface area contributed by atoms with Crippen LogP contribution in [0.1, 0.15) is 44.6 Å². The Morgan fingerprint density at radius 2 is 1.80 bits per heavy atom. The SMILES string of the molecule is CCCCCC(=O)N(CCCOC)Cc1ccc(OS(C)(=O)=O)cc1. The molecule has 0 radical (unpaired) electrons. The van der Waals surface area contributed by atoms with Crippen LogP contribution in [0, 0.1) is 0 Å². The van der Waals surface area contributed by atoms with Crippen molar-refractivity contribution in [2.24, 2.45) is 0 Å². The molecular weight excluding hydrogens is 342 g/mol. The van der Waals surface area contributed by atoms with Crippen LogP contribution < -0.4 is 4.18 Å². The number of carbonyl (C=O) groups is 1. The van der Waals surface area contributed by atoms with Crippen LogP contribution in [0.3, 0.4) is 0 Å². The van der Waals surface area contributed by atoms with Gasteiger partial charge in [-0.15, -0.1) is 0 Å². The normalized spacial score (nSPS) is 11.3. The fourth-order valence-electron chi connectivity index (χ4n) is 2.42. The van der Waals surface area contributed by atoms with Crippen molar-refractivity contribution in [3.05, 3.63) is 29.8 Å². The van der Waals surface area contributed by atoms with Crippen LogP contribution in [0.5, 0.6) is 5.75 Å². The van der Waals surface area contributed by atoms with Gasteiger partial charge in [-0.1, -0.05) is 31.9 Å². The minimum atomic E-state index is -3.53. The van der Waals surface area contributed by atoms with Crippen molar-refractivity contribution in [1.82, 2.24) is 4.90 Å². The van der Waals surface area contributed by atoms with Crippen LogP contribution in [-0.2, 0) is 26.2 Å². The van der Waals surface area contributed by atoms with E-state index in [1.165, 1.54) is 0 Å². The van der Waals surface area contributed by atoms with Crippen LogP contribution >= 0.6 is 0 Å². The van der Waals surface area contributed by atoms with E-state index < -0.39 is 10.1 Å². The molecule has 1 aromatic carbocycles. The monoisotopic (exact) mass is 371 g/mol. The number of unbranched alkanes of at least 4 members (excludes halogenated alkanes) is 2. The predicted octanol–water partition coefficient (Wildman–Crippen LogP) is 2.97. The Bertz CT molecular complexity index is 613. The highest BCUT2D eigenvalue weighted by Crippen LogP contribution is 2.16. The summed E-state index contributed by atoms with van der Waals surface area (Å²) in [6.07, 6.45) is 5.37. The van der Waals surface area contributed by atoms with Gasteiger partial charge in [0.1, 0.15) is 5.75 Å². The summed E-state index contributed by atoms with van der Waals surface area (Å²) in [5, 5.41) is 0. The third-order valence-corrected chi connectivity index (χ3v) is 4.16. The van der Waals surface area contributed by atoms with E-state index in [-0.39, 0.29) is 11.7 Å². The standard InChI is InChI=1S/C18H29NO5S/c1-4-5-6-8-18(20)19(13-7-14-23-2)15-16-9-11-17(12-10-16)24-25(3,21)22/h9-12H,4-8,13-15H2,1-3H3. The molecule has 142 valence electrons. The minimum Gasteiger partial charge on any atom is -0.385 e. The van der Waals surface area contributed by atoms with Gasteiger partial charge in [0.15, 0.2) is 0 Å². The van der Waals surface area contributed by atoms with Crippen molar-refractivity contribution < 1.29 is 22.1 Å². The fraction of sp³-hybridized carbons (Fsp3) is 0.611. The smallest absolute Gasteiger partial charge is 0.306 e. The lowest BCUT2D eigenvalue weighted by Crippen LogP contribution is -2.31. The second-order valence-corrected chi connectivity index (χ2v) is 7.63. The van der Waals surface area contributed by atoms with Crippen molar-refractivity contribution in [2.75, 3.05) is 26.5 Å². The molecule has 1 amide bonds. The number of hydrogen-bond acceptors (Lipinski definition) is 5. The van der Waals surface area contributed by atoms with Gasteiger partial charge in [0.05, 0.1) is 6.26 Å². The summed E-state index contributed by atoms with van der Waals surface area (Å²) in [7, 11) is -1.89. The van der Waals surface area contributed by atoms with E-state index >= 15 is 0 Å². The number of methoxy groups -OCH3 is 1. The Labute approximate surface area is 151 Å². The van der Waals surface area contributed by atoms with Crippen molar-refractivity contribution in [3.8, 4) is 5.75 Å². The second-order valence-electron chi connectivity index (χ2n) is 6.05. The number of nitrogens with zero attached hydrogens (tertiary/aromatic N) is 1. The zero-order valence-electron chi connectivity index (χ0n) is 15.4. The molecule has 0 spiro atoms. The lowest BCUT2D eigenvalue weighted by molar-refractivity contribution is -0.132. The number of benzene rings is 1. The highest BCUT2D eigenvalue weighted by atomic mass is 32.2. The summed E-state index contributed by atoms with van der Waals surface area (Å²) >= 11 is 0. The number of amides is 1. The summed E-state index contributed by atoms with van der Waals surface area (Å²) in [5.74, 6) is 0.410. The van der Waals surface area contributed by atoms with Crippen molar-refractivity contribution in [3.63, 3.8) is 0 Å². The van der Waals surface area contributed by atoms with Crippen LogP contribution in [0.15, 0.2) is 24.3 Å². The summed E-state index contributed by atoms with van der Waals surface area (Å²) < 4.78 is 32.2. The van der Waals surface area contributed by atoms with Gasteiger partial charge in [0.2, 0.25) is 5.91 Å². The third-order valence-electron chi connectivity index (χ3n) is 3.67. The topological polar surface area (TPSA) is 72.9 Å². The number of ether oxygens (including phenoxy) is 1. The van der Waals surface area contributed by atoms with E-state index in [1.807, 2.05) is 4.90 Å². The molecule has 6 nitrogen and oxygen atoms in total. The van der Waals surface area contributed by atoms with E-state index in [9.17, 15) is 13.2 Å². The Morgan fingerprint density at radius 1 is 1.12 bits per heavy atom. The highest BCUT2D eigenvalue weighted by Gasteiger charge is 2.14. The molecule has 0 fully saturated rings. The molecule has 0 bridgehead atoms. The Hall–Kier alpha value is -1.60. The van der Waals surface area contributed by atoms with Gasteiger partial charge in [-0.05, 0) is 30.5 Å². The lowest BCUT2D eigenvalue weighted by atomic mass is 10.1. The molecule has 7 heteroatoms. The van der Waals surface area contributed by atoms with E-state index in [2.05, 4.69) is 6.92 Å². The fourth-order valence-corrected chi connectivity index (χ4v) is 2.88. The molecular formula is C18H29NO5S. The Kier molecular flexibility index (Phi) is 9.52. The van der Waals surface area contributed by atoms with Gasteiger partial charge in [-0.25, -0.2) is 0 Å². The van der Waals surface area contributed by atoms with Crippen molar-refractivity contribution in [2.45, 2.75) is 45.6 Å². The third kappa shape index (κ3) is 9.45. The average molecular weight is 371 g/mol. The first-order chi connectivity index (χ1) is 11.9. The molecule has 0 aromatic heterocycles. The van der Waals surface area contributed by atoms with Crippen molar-refractivity contribution >= 4 is 16.0 Å². The van der Waals surface area contributed by atoms with Gasteiger partial charge in [-0.2, -0.15) is 8.42 Å². The summed E-state index contributed by atoms with van der Waals surface area (Å²) in [6, 6.07) is 6.77. The molecule has 0 aliphatic rings. The molecule has 0 heterocycles. The number of rotatable bonds is 12. The average Bonchev–Trinajstić information content (AvgIpc) is 2.54. The molecule has 0 saturated heterocycles. The Balaban J connectivity index is 2.69. The Morgan fingerprint density at radius 3 is 2.36 bits per heavy atom. The zero-order valence-corrected chi connectivity index (χ0v) is 16.2. The first-order valence-electron chi connectivity index (χ1n) is 8.61. The minimum absolute atomic E-state index is 0.140. The summed E-state index contributed by atoms with van der Waals surface area (Å²) in [5.41, 5.74) is 0.933. The zero-order chi connectivity index (χ0) is 18.7. The maximum atomic E-state index is 12.5. The molecule has 1 rings (SSSR count). The summed E-state index contributed by atoms with van der Waals surface area (Å²) in [4.78, 5) is 14.3. The molecule has 0 atom stereocenters. The van der Waals surface area contributed by atoms with E-state index in [1.54, 1.807) is 31.4 Å². The van der Waals surface area contributed by atoms with Crippen molar-refractivity contribution in [1.29, 1.82) is 0 Å². The molecule has 1 aromatic rings. The largest absolute Gasteiger partial charge is 0.385 e. The first-order valence-corrected chi connectivity index (χ1v) is 10.4. The van der Waals surface area contributed by atoms with E-state index in [0.29, 0.717) is 26.1 Å². The molecule has 0 saturated carbocycles. The lowest BCUT2D eigenvalue weighted by Gasteiger charge is -2.23. The van der Waals surface area contributed by atoms with Gasteiger partial charge < -0.3 is 13.8 Å². The number of carbonyl (C=O) groups excluding carboxylic acids is 1. The van der Waals surface area contributed by atoms with Gasteiger partial charge >= 0.3 is 10.1 Å². The van der Waals surface area contributed by atoms with E-state index in [0.717, 1.165) is 37.5 Å². The van der Waals surface area contributed by atoms with Crippen LogP contribution in [0.25, 0.3) is 0 Å². The van der Waals surface area contributed by atoms with Crippen LogP contribution in [-0.4, -0.2) is 45.7 Å². The van der Waals surface area contributed by atoms with Gasteiger partial charge in [-0.3, -0.25) is 4.79 Å². The molecule has 0 unspecified atom stereocenters. The van der Waals surface area contributed by atoms with E-state index in [4.69, 9.17) is 8.92 Å². The first kappa shape index (κ1) is 21.4. The molecule has 0 N–H and O–H groups in total. The van der Waals surface area contributed by atoms with Crippen LogP contribution in [0.2, 0.25) is 0 Å². The van der Waals surface area contributed by atoms with Crippen LogP contribution in [0.4, 0.5) is 0 Å².